The Balaban J connectivity index is 1.45. The number of likely N-dealkylation sites (tertiary alicyclic amines) is 1. The normalized spacial score (nSPS) is 23.9. The van der Waals surface area contributed by atoms with E-state index >= 15 is 0 Å². The number of rotatable bonds is 14. The predicted molar refractivity (Wildman–Crippen MR) is 196 cm³/mol. The molecule has 1 aromatic carbocycles. The number of nitrogens with zero attached hydrogens (tertiary/aromatic N) is 2. The molecular weight excluding hydrogens is 710 g/mol. The molecule has 3 aliphatic rings. The van der Waals surface area contributed by atoms with Gasteiger partial charge in [0.05, 0.1) is 48.2 Å². The minimum Gasteiger partial charge on any atom is -0.495 e. The summed E-state index contributed by atoms with van der Waals surface area (Å²) >= 11 is 6.59. The molecule has 0 spiro atoms. The van der Waals surface area contributed by atoms with Crippen LogP contribution in [0.4, 0.5) is 0 Å². The number of carbonyl (C=O) groups excluding carboxylic acids is 4. The molecule has 0 unspecified atom stereocenters. The fourth-order valence-corrected chi connectivity index (χ4v) is 9.15. The summed E-state index contributed by atoms with van der Waals surface area (Å²) in [6.45, 7) is 12.8. The Morgan fingerprint density at radius 1 is 1.08 bits per heavy atom. The number of sulfonamides is 1. The largest absolute Gasteiger partial charge is 0.495 e. The third kappa shape index (κ3) is 9.01. The number of carbonyl (C=O) groups is 4. The van der Waals surface area contributed by atoms with E-state index in [1.807, 2.05) is 27.7 Å². The molecule has 1 aromatic heterocycles. The molecule has 14 heteroatoms. The van der Waals surface area contributed by atoms with Crippen LogP contribution in [0.25, 0.3) is 10.8 Å². The van der Waals surface area contributed by atoms with Crippen molar-refractivity contribution in [3.05, 3.63) is 29.4 Å². The Morgan fingerprint density at radius 3 is 2.35 bits per heavy atom. The molecule has 5 atom stereocenters. The van der Waals surface area contributed by atoms with E-state index in [2.05, 4.69) is 9.71 Å². The summed E-state index contributed by atoms with van der Waals surface area (Å²) in [4.78, 5) is 61.6. The number of ether oxygens (including phenoxy) is 3. The zero-order valence-electron chi connectivity index (χ0n) is 31.4. The molecule has 2 aromatic rings. The van der Waals surface area contributed by atoms with Gasteiger partial charge in [0.25, 0.3) is 0 Å². The maximum Gasteiger partial charge on any atom is 0.307 e. The van der Waals surface area contributed by atoms with Gasteiger partial charge in [0.1, 0.15) is 17.5 Å². The SMILES string of the molecule is CC[C@@H]1C[C@]1(CC(=O)[C@@H]1C[C@@H](Oc2nccc3c(Cl)c(OC)ccc23)CN1C(=O)[C@@H](CC(=O)OC(C)(C)C)C(C)(C)C)C(=O)NS(=O)(=O)CC1CC1. The molecule has 286 valence electrons. The van der Waals surface area contributed by atoms with Crippen molar-refractivity contribution in [1.29, 1.82) is 0 Å². The number of hydrogen-bond donors (Lipinski definition) is 1. The predicted octanol–water partition coefficient (Wildman–Crippen LogP) is 5.87. The number of amides is 2. The molecule has 2 amide bonds. The van der Waals surface area contributed by atoms with Gasteiger partial charge in [-0.15, -0.1) is 0 Å². The van der Waals surface area contributed by atoms with Crippen molar-refractivity contribution in [2.45, 2.75) is 111 Å². The number of pyridine rings is 1. The van der Waals surface area contributed by atoms with Crippen LogP contribution < -0.4 is 14.2 Å². The van der Waals surface area contributed by atoms with Crippen LogP contribution >= 0.6 is 11.6 Å². The Kier molecular flexibility index (Phi) is 11.3. The van der Waals surface area contributed by atoms with Crippen LogP contribution in [0.1, 0.15) is 93.4 Å². The van der Waals surface area contributed by atoms with E-state index in [0.717, 1.165) is 12.8 Å². The van der Waals surface area contributed by atoms with Crippen LogP contribution in [0.5, 0.6) is 11.6 Å². The van der Waals surface area contributed by atoms with Crippen LogP contribution in [0, 0.1) is 28.6 Å². The van der Waals surface area contributed by atoms with Crippen molar-refractivity contribution in [1.82, 2.24) is 14.6 Å². The second kappa shape index (κ2) is 14.8. The number of Topliss-reactive ketones (excluding diaryl/α,β-unsaturated/α-hetero) is 1. The molecule has 0 radical (unpaired) electrons. The lowest BCUT2D eigenvalue weighted by atomic mass is 9.77. The molecule has 3 fully saturated rings. The van der Waals surface area contributed by atoms with Crippen LogP contribution in [-0.2, 0) is 33.9 Å². The van der Waals surface area contributed by atoms with Gasteiger partial charge in [-0.25, -0.2) is 13.4 Å². The van der Waals surface area contributed by atoms with Crippen LogP contribution in [0.2, 0.25) is 5.02 Å². The van der Waals surface area contributed by atoms with E-state index in [1.54, 1.807) is 45.2 Å². The zero-order valence-corrected chi connectivity index (χ0v) is 33.0. The minimum absolute atomic E-state index is 0.0181. The molecule has 1 aliphatic heterocycles. The number of ketones is 1. The lowest BCUT2D eigenvalue weighted by Crippen LogP contribution is -2.49. The summed E-state index contributed by atoms with van der Waals surface area (Å²) in [6.07, 6.45) is 3.13. The van der Waals surface area contributed by atoms with E-state index in [0.29, 0.717) is 34.4 Å². The number of esters is 1. The second-order valence-corrected chi connectivity index (χ2v) is 18.9. The van der Waals surface area contributed by atoms with Gasteiger partial charge in [0, 0.05) is 29.8 Å². The quantitative estimate of drug-likeness (QED) is 0.231. The fourth-order valence-electron chi connectivity index (χ4n) is 7.33. The number of benzene rings is 1. The zero-order chi connectivity index (χ0) is 38.4. The van der Waals surface area contributed by atoms with Crippen molar-refractivity contribution < 1.29 is 41.8 Å². The molecule has 2 heterocycles. The van der Waals surface area contributed by atoms with Crippen LogP contribution in [0.3, 0.4) is 0 Å². The molecule has 2 saturated carbocycles. The molecule has 5 rings (SSSR count). The van der Waals surface area contributed by atoms with Gasteiger partial charge < -0.3 is 19.1 Å². The fraction of sp³-hybridized carbons (Fsp3) is 0.658. The number of methoxy groups -OCH3 is 1. The van der Waals surface area contributed by atoms with E-state index in [9.17, 15) is 27.6 Å². The number of fused-ring (bicyclic) bond motifs is 1. The summed E-state index contributed by atoms with van der Waals surface area (Å²) < 4.78 is 45.3. The summed E-state index contributed by atoms with van der Waals surface area (Å²) in [6, 6.07) is 4.22. The lowest BCUT2D eigenvalue weighted by molar-refractivity contribution is -0.161. The van der Waals surface area contributed by atoms with Gasteiger partial charge in [-0.2, -0.15) is 0 Å². The lowest BCUT2D eigenvalue weighted by Gasteiger charge is -2.35. The molecule has 12 nitrogen and oxygen atoms in total. The average molecular weight is 762 g/mol. The number of halogens is 1. The van der Waals surface area contributed by atoms with Gasteiger partial charge in [-0.1, -0.05) is 45.7 Å². The maximum absolute atomic E-state index is 14.6. The monoisotopic (exact) mass is 761 g/mol. The Hall–Kier alpha value is -3.45. The first kappa shape index (κ1) is 39.8. The van der Waals surface area contributed by atoms with Crippen LogP contribution in [0.15, 0.2) is 24.4 Å². The molecular formula is C38H52ClN3O9S. The summed E-state index contributed by atoms with van der Waals surface area (Å²) in [5.41, 5.74) is -2.63. The van der Waals surface area contributed by atoms with E-state index < -0.39 is 62.3 Å². The van der Waals surface area contributed by atoms with E-state index in [4.69, 9.17) is 25.8 Å². The van der Waals surface area contributed by atoms with E-state index in [-0.39, 0.29) is 55.1 Å². The van der Waals surface area contributed by atoms with Gasteiger partial charge in [-0.05, 0) is 75.5 Å². The first-order valence-corrected chi connectivity index (χ1v) is 20.1. The third-order valence-corrected chi connectivity index (χ3v) is 12.2. The highest BCUT2D eigenvalue weighted by Gasteiger charge is 2.61. The topological polar surface area (TPSA) is 158 Å². The number of hydrogen-bond acceptors (Lipinski definition) is 10. The average Bonchev–Trinajstić information content (AvgIpc) is 3.94. The van der Waals surface area contributed by atoms with Gasteiger partial charge in [-0.3, -0.25) is 23.9 Å². The standard InChI is InChI=1S/C38H52ClN3O9S/c1-9-23-18-38(23,35(46)41-52(47,48)21-22-10-11-22)19-29(43)28-16-24(50-33-26-12-13-30(49-8)32(39)25(26)14-15-40-33)20-42(28)34(45)27(36(2,3)4)17-31(44)51-37(5,6)7/h12-15,22-24,27-28H,9-11,16-21H2,1-8H3,(H,41,46)/t23-,24-,27-,28+,38-/m1/s1. The summed E-state index contributed by atoms with van der Waals surface area (Å²) in [5.74, 6) is -2.32. The van der Waals surface area contributed by atoms with Crippen molar-refractivity contribution in [3.63, 3.8) is 0 Å². The molecule has 1 N–H and O–H groups in total. The van der Waals surface area contributed by atoms with Gasteiger partial charge in [0.2, 0.25) is 27.7 Å². The van der Waals surface area contributed by atoms with E-state index in [1.165, 1.54) is 12.0 Å². The van der Waals surface area contributed by atoms with Crippen molar-refractivity contribution >= 4 is 56.0 Å². The Bertz CT molecular complexity index is 1830. The summed E-state index contributed by atoms with van der Waals surface area (Å²) in [5, 5.41) is 1.65. The highest BCUT2D eigenvalue weighted by molar-refractivity contribution is 7.90. The highest BCUT2D eigenvalue weighted by Crippen LogP contribution is 2.58. The Morgan fingerprint density at radius 2 is 1.77 bits per heavy atom. The third-order valence-electron chi connectivity index (χ3n) is 10.4. The minimum atomic E-state index is -3.86. The van der Waals surface area contributed by atoms with Crippen molar-refractivity contribution in [2.24, 2.45) is 28.6 Å². The summed E-state index contributed by atoms with van der Waals surface area (Å²) in [7, 11) is -2.34. The van der Waals surface area contributed by atoms with Crippen molar-refractivity contribution in [2.75, 3.05) is 19.4 Å². The molecule has 2 aliphatic carbocycles. The van der Waals surface area contributed by atoms with Crippen LogP contribution in [-0.4, -0.2) is 79.0 Å². The number of nitrogens with one attached hydrogen (secondary N) is 1. The molecule has 1 saturated heterocycles. The first-order chi connectivity index (χ1) is 24.2. The van der Waals surface area contributed by atoms with Gasteiger partial charge in [0.15, 0.2) is 5.78 Å². The number of aromatic nitrogens is 1. The second-order valence-electron chi connectivity index (χ2n) is 16.7. The highest BCUT2D eigenvalue weighted by atomic mass is 35.5. The maximum atomic E-state index is 14.6. The molecule has 52 heavy (non-hydrogen) atoms. The van der Waals surface area contributed by atoms with Crippen molar-refractivity contribution in [3.8, 4) is 11.6 Å². The van der Waals surface area contributed by atoms with Gasteiger partial charge >= 0.3 is 5.97 Å². The Labute approximate surface area is 311 Å². The molecule has 0 bridgehead atoms. The smallest absolute Gasteiger partial charge is 0.307 e. The first-order valence-electron chi connectivity index (χ1n) is 18.1.